The van der Waals surface area contributed by atoms with Crippen molar-refractivity contribution >= 4 is 28.9 Å². The molecule has 1 heterocycles. The van der Waals surface area contributed by atoms with E-state index in [1.165, 1.54) is 10.9 Å². The maximum atomic E-state index is 11.9. The van der Waals surface area contributed by atoms with Gasteiger partial charge in [-0.3, -0.25) is 19.6 Å². The third kappa shape index (κ3) is 5.89. The van der Waals surface area contributed by atoms with Crippen molar-refractivity contribution in [1.29, 1.82) is 0 Å². The fourth-order valence-corrected chi connectivity index (χ4v) is 2.59. The van der Waals surface area contributed by atoms with E-state index in [-0.39, 0.29) is 12.2 Å². The quantitative estimate of drug-likeness (QED) is 0.335. The van der Waals surface area contributed by atoms with Crippen LogP contribution in [0.5, 0.6) is 5.75 Å². The third-order valence-corrected chi connectivity index (χ3v) is 4.33. The van der Waals surface area contributed by atoms with Crippen LogP contribution in [0.4, 0.5) is 5.69 Å². The molecule has 0 saturated heterocycles. The summed E-state index contributed by atoms with van der Waals surface area (Å²) in [5, 5.41) is 19.1. The third-order valence-electron chi connectivity index (χ3n) is 4.08. The van der Waals surface area contributed by atoms with Gasteiger partial charge in [0.15, 0.2) is 0 Å². The monoisotopic (exact) mass is 427 g/mol. The van der Waals surface area contributed by atoms with Crippen LogP contribution in [-0.4, -0.2) is 26.3 Å². The van der Waals surface area contributed by atoms with Crippen molar-refractivity contribution in [2.24, 2.45) is 5.10 Å². The lowest BCUT2D eigenvalue weighted by Crippen LogP contribution is -2.24. The van der Waals surface area contributed by atoms with E-state index in [4.69, 9.17) is 16.3 Å². The first-order valence-electron chi connectivity index (χ1n) is 8.88. The molecule has 9 nitrogen and oxygen atoms in total. The summed E-state index contributed by atoms with van der Waals surface area (Å²) in [6.45, 7) is 2.00. The summed E-state index contributed by atoms with van der Waals surface area (Å²) in [4.78, 5) is 22.0. The zero-order chi connectivity index (χ0) is 21.5. The van der Waals surface area contributed by atoms with Gasteiger partial charge in [-0.05, 0) is 54.4 Å². The lowest BCUT2D eigenvalue weighted by molar-refractivity contribution is -0.385. The number of nitrogens with zero attached hydrogens (tertiary/aromatic N) is 4. The van der Waals surface area contributed by atoms with Gasteiger partial charge in [-0.2, -0.15) is 10.2 Å². The topological polar surface area (TPSA) is 112 Å². The van der Waals surface area contributed by atoms with Crippen LogP contribution in [0.15, 0.2) is 66.0 Å². The number of carbonyl (C=O) groups excluding carboxylic acids is 1. The Balaban J connectivity index is 1.51. The van der Waals surface area contributed by atoms with E-state index < -0.39 is 10.8 Å². The molecule has 0 bridgehead atoms. The number of carbonyl (C=O) groups is 1. The number of rotatable bonds is 8. The van der Waals surface area contributed by atoms with Gasteiger partial charge in [0.1, 0.15) is 31.3 Å². The Morgan fingerprint density at radius 1 is 1.23 bits per heavy atom. The summed E-state index contributed by atoms with van der Waals surface area (Å²) in [6.07, 6.45) is 2.26. The molecule has 2 aromatic carbocycles. The standard InChI is InChI=1S/C20H18ClN5O4/c1-14(23-24-20(27)12-25-11-18(10-22-25)26(28)29)16-4-8-19(9-5-16)30-13-15-2-6-17(21)7-3-15/h2-11H,12-13H2,1H3,(H,24,27). The Morgan fingerprint density at radius 3 is 2.57 bits per heavy atom. The number of halogens is 1. The average Bonchev–Trinajstić information content (AvgIpc) is 3.21. The molecular weight excluding hydrogens is 410 g/mol. The van der Waals surface area contributed by atoms with E-state index in [2.05, 4.69) is 15.6 Å². The normalized spacial score (nSPS) is 11.2. The Kier molecular flexibility index (Phi) is 6.76. The number of hydrogen-bond donors (Lipinski definition) is 1. The van der Waals surface area contributed by atoms with Crippen molar-refractivity contribution in [3.05, 3.63) is 87.2 Å². The predicted molar refractivity (Wildman–Crippen MR) is 111 cm³/mol. The van der Waals surface area contributed by atoms with Gasteiger partial charge in [0.2, 0.25) is 0 Å². The number of hydrazone groups is 1. The minimum Gasteiger partial charge on any atom is -0.489 e. The van der Waals surface area contributed by atoms with Crippen molar-refractivity contribution in [2.75, 3.05) is 0 Å². The van der Waals surface area contributed by atoms with Gasteiger partial charge in [0.25, 0.3) is 5.91 Å². The molecule has 0 fully saturated rings. The molecule has 30 heavy (non-hydrogen) atoms. The van der Waals surface area contributed by atoms with Crippen LogP contribution in [0.25, 0.3) is 0 Å². The SMILES string of the molecule is CC(=NNC(=O)Cn1cc([N+](=O)[O-])cn1)c1ccc(OCc2ccc(Cl)cc2)cc1. The molecule has 0 aliphatic heterocycles. The van der Waals surface area contributed by atoms with Gasteiger partial charge in [0.05, 0.1) is 10.6 Å². The predicted octanol–water partition coefficient (Wildman–Crippen LogP) is 3.56. The molecule has 1 amide bonds. The van der Waals surface area contributed by atoms with Gasteiger partial charge in [0, 0.05) is 5.02 Å². The zero-order valence-corrected chi connectivity index (χ0v) is 16.7. The lowest BCUT2D eigenvalue weighted by Gasteiger charge is -2.08. The second-order valence-electron chi connectivity index (χ2n) is 6.32. The summed E-state index contributed by atoms with van der Waals surface area (Å²) in [5.74, 6) is 0.251. The minimum atomic E-state index is -0.577. The van der Waals surface area contributed by atoms with E-state index in [9.17, 15) is 14.9 Å². The molecule has 1 aromatic heterocycles. The van der Waals surface area contributed by atoms with Crippen LogP contribution in [0, 0.1) is 10.1 Å². The second-order valence-corrected chi connectivity index (χ2v) is 6.76. The van der Waals surface area contributed by atoms with Crippen LogP contribution in [0.1, 0.15) is 18.1 Å². The Labute approximate surface area is 177 Å². The minimum absolute atomic E-state index is 0.178. The highest BCUT2D eigenvalue weighted by molar-refractivity contribution is 6.30. The highest BCUT2D eigenvalue weighted by Gasteiger charge is 2.11. The highest BCUT2D eigenvalue weighted by Crippen LogP contribution is 2.16. The first kappa shape index (κ1) is 21.0. The largest absolute Gasteiger partial charge is 0.489 e. The lowest BCUT2D eigenvalue weighted by atomic mass is 10.1. The number of benzene rings is 2. The molecule has 3 rings (SSSR count). The molecule has 154 valence electrons. The van der Waals surface area contributed by atoms with Crippen LogP contribution in [0.2, 0.25) is 5.02 Å². The molecule has 0 unspecified atom stereocenters. The summed E-state index contributed by atoms with van der Waals surface area (Å²) < 4.78 is 6.91. The molecule has 0 saturated carbocycles. The van der Waals surface area contributed by atoms with Crippen molar-refractivity contribution in [3.8, 4) is 5.75 Å². The van der Waals surface area contributed by atoms with Crippen LogP contribution >= 0.6 is 11.6 Å². The maximum Gasteiger partial charge on any atom is 0.307 e. The smallest absolute Gasteiger partial charge is 0.307 e. The number of ether oxygens (including phenoxy) is 1. The van der Waals surface area contributed by atoms with Crippen molar-refractivity contribution < 1.29 is 14.5 Å². The Bertz CT molecular complexity index is 1060. The van der Waals surface area contributed by atoms with Crippen LogP contribution in [0.3, 0.4) is 0 Å². The van der Waals surface area contributed by atoms with E-state index in [0.29, 0.717) is 23.1 Å². The van der Waals surface area contributed by atoms with E-state index >= 15 is 0 Å². The molecule has 0 aliphatic rings. The number of hydrogen-bond acceptors (Lipinski definition) is 6. The summed E-state index contributed by atoms with van der Waals surface area (Å²) in [5.41, 5.74) is 4.64. The fourth-order valence-electron chi connectivity index (χ4n) is 2.47. The number of nitrogens with one attached hydrogen (secondary N) is 1. The van der Waals surface area contributed by atoms with Crippen molar-refractivity contribution in [3.63, 3.8) is 0 Å². The van der Waals surface area contributed by atoms with E-state index in [1.807, 2.05) is 48.5 Å². The molecule has 0 spiro atoms. The van der Waals surface area contributed by atoms with E-state index in [0.717, 1.165) is 17.3 Å². The molecule has 0 radical (unpaired) electrons. The number of aromatic nitrogens is 2. The number of nitro groups is 1. The van der Waals surface area contributed by atoms with Crippen LogP contribution < -0.4 is 10.2 Å². The molecule has 0 atom stereocenters. The molecule has 10 heteroatoms. The van der Waals surface area contributed by atoms with Gasteiger partial charge in [-0.15, -0.1) is 0 Å². The molecular formula is C20H18ClN5O4. The Hall–Kier alpha value is -3.72. The maximum absolute atomic E-state index is 11.9. The van der Waals surface area contributed by atoms with Gasteiger partial charge in [-0.25, -0.2) is 5.43 Å². The molecule has 0 aliphatic carbocycles. The summed E-state index contributed by atoms with van der Waals surface area (Å²) >= 11 is 5.87. The fraction of sp³-hybridized carbons (Fsp3) is 0.150. The number of amides is 1. The summed E-state index contributed by atoms with van der Waals surface area (Å²) in [7, 11) is 0. The first-order valence-corrected chi connectivity index (χ1v) is 9.26. The average molecular weight is 428 g/mol. The molecule has 3 aromatic rings. The summed E-state index contributed by atoms with van der Waals surface area (Å²) in [6, 6.07) is 14.7. The second kappa shape index (κ2) is 9.66. The van der Waals surface area contributed by atoms with Gasteiger partial charge in [-0.1, -0.05) is 23.7 Å². The van der Waals surface area contributed by atoms with Crippen molar-refractivity contribution in [1.82, 2.24) is 15.2 Å². The van der Waals surface area contributed by atoms with Gasteiger partial charge >= 0.3 is 5.69 Å². The van der Waals surface area contributed by atoms with Gasteiger partial charge < -0.3 is 4.74 Å². The van der Waals surface area contributed by atoms with Crippen molar-refractivity contribution in [2.45, 2.75) is 20.1 Å². The highest BCUT2D eigenvalue weighted by atomic mass is 35.5. The van der Waals surface area contributed by atoms with E-state index in [1.54, 1.807) is 6.92 Å². The molecule has 1 N–H and O–H groups in total. The zero-order valence-electron chi connectivity index (χ0n) is 16.0. The van der Waals surface area contributed by atoms with Crippen LogP contribution in [-0.2, 0) is 17.9 Å². The first-order chi connectivity index (χ1) is 14.4. The Morgan fingerprint density at radius 2 is 1.93 bits per heavy atom.